The van der Waals surface area contributed by atoms with Crippen molar-refractivity contribution < 1.29 is 9.47 Å². The van der Waals surface area contributed by atoms with E-state index in [1.165, 1.54) is 5.56 Å². The topological polar surface area (TPSA) is 21.7 Å². The molecule has 0 amide bonds. The molecule has 0 aliphatic carbocycles. The van der Waals surface area contributed by atoms with Gasteiger partial charge in [0.05, 0.1) is 24.3 Å². The summed E-state index contributed by atoms with van der Waals surface area (Å²) in [6.07, 6.45) is 0.929. The Kier molecular flexibility index (Phi) is 6.58. The van der Waals surface area contributed by atoms with Crippen molar-refractivity contribution in [3.05, 3.63) is 57.6 Å². The highest BCUT2D eigenvalue weighted by Gasteiger charge is 2.07. The largest absolute Gasteiger partial charge is 0.493 e. The molecule has 0 spiro atoms. The van der Waals surface area contributed by atoms with Crippen LogP contribution < -0.4 is 9.47 Å². The van der Waals surface area contributed by atoms with E-state index in [-0.39, 0.29) is 0 Å². The Morgan fingerprint density at radius 3 is 2.22 bits per heavy atom. The van der Waals surface area contributed by atoms with Crippen molar-refractivity contribution in [1.29, 1.82) is 0 Å². The summed E-state index contributed by atoms with van der Waals surface area (Å²) < 4.78 is 10.6. The number of rotatable bonds is 7. The van der Waals surface area contributed by atoms with Gasteiger partial charge < -0.3 is 14.4 Å². The summed E-state index contributed by atoms with van der Waals surface area (Å²) >= 11 is 12.0. The highest BCUT2D eigenvalue weighted by Crippen LogP contribution is 2.28. The molecule has 0 bridgehead atoms. The Hall–Kier alpha value is -1.42. The standard InChI is InChI=1S/C18H21Cl2NO2/c1-21(12-14-4-6-15(19)16(20)10-14)9-8-13-5-7-17(22-2)18(11-13)23-3/h4-7,10-11H,8-9,12H2,1-3H3. The average Bonchev–Trinajstić information content (AvgIpc) is 2.56. The Morgan fingerprint density at radius 1 is 0.870 bits per heavy atom. The van der Waals surface area contributed by atoms with Crippen LogP contribution in [0, 0.1) is 0 Å². The maximum Gasteiger partial charge on any atom is 0.160 e. The van der Waals surface area contributed by atoms with Gasteiger partial charge in [-0.3, -0.25) is 0 Å². The van der Waals surface area contributed by atoms with E-state index in [9.17, 15) is 0 Å². The summed E-state index contributed by atoms with van der Waals surface area (Å²) in [5.41, 5.74) is 2.36. The molecule has 0 radical (unpaired) electrons. The summed E-state index contributed by atoms with van der Waals surface area (Å²) in [5, 5.41) is 1.18. The van der Waals surface area contributed by atoms with Gasteiger partial charge in [0.1, 0.15) is 0 Å². The first-order valence-electron chi connectivity index (χ1n) is 7.37. The van der Waals surface area contributed by atoms with Gasteiger partial charge in [-0.2, -0.15) is 0 Å². The molecule has 0 aliphatic heterocycles. The van der Waals surface area contributed by atoms with E-state index in [4.69, 9.17) is 32.7 Å². The number of hydrogen-bond acceptors (Lipinski definition) is 3. The lowest BCUT2D eigenvalue weighted by atomic mass is 10.1. The minimum absolute atomic E-state index is 0.586. The zero-order valence-electron chi connectivity index (χ0n) is 13.6. The van der Waals surface area contributed by atoms with Crippen LogP contribution in [0.5, 0.6) is 11.5 Å². The summed E-state index contributed by atoms with van der Waals surface area (Å²) in [6, 6.07) is 11.8. The highest BCUT2D eigenvalue weighted by molar-refractivity contribution is 6.42. The van der Waals surface area contributed by atoms with Gasteiger partial charge in [-0.25, -0.2) is 0 Å². The quantitative estimate of drug-likeness (QED) is 0.720. The van der Waals surface area contributed by atoms with Crippen LogP contribution in [0.3, 0.4) is 0 Å². The van der Waals surface area contributed by atoms with Crippen molar-refractivity contribution in [2.75, 3.05) is 27.8 Å². The maximum atomic E-state index is 6.06. The molecule has 5 heteroatoms. The molecule has 0 N–H and O–H groups in total. The lowest BCUT2D eigenvalue weighted by Crippen LogP contribution is -2.20. The molecule has 0 aliphatic rings. The zero-order chi connectivity index (χ0) is 16.8. The Morgan fingerprint density at radius 2 is 1.57 bits per heavy atom. The summed E-state index contributed by atoms with van der Waals surface area (Å²) in [6.45, 7) is 1.75. The van der Waals surface area contributed by atoms with Crippen LogP contribution in [-0.4, -0.2) is 32.7 Å². The minimum atomic E-state index is 0.586. The molecule has 0 atom stereocenters. The van der Waals surface area contributed by atoms with Crippen molar-refractivity contribution >= 4 is 23.2 Å². The second-order valence-electron chi connectivity index (χ2n) is 5.43. The predicted octanol–water partition coefficient (Wildman–Crippen LogP) is 4.69. The molecule has 2 aromatic rings. The third kappa shape index (κ3) is 5.03. The molecule has 23 heavy (non-hydrogen) atoms. The van der Waals surface area contributed by atoms with Gasteiger partial charge in [-0.1, -0.05) is 35.3 Å². The second-order valence-corrected chi connectivity index (χ2v) is 6.24. The van der Waals surface area contributed by atoms with Crippen LogP contribution in [0.2, 0.25) is 10.0 Å². The Balaban J connectivity index is 1.93. The Labute approximate surface area is 147 Å². The lowest BCUT2D eigenvalue weighted by Gasteiger charge is -2.17. The van der Waals surface area contributed by atoms with Crippen LogP contribution in [0.15, 0.2) is 36.4 Å². The normalized spacial score (nSPS) is 10.9. The van der Waals surface area contributed by atoms with E-state index >= 15 is 0 Å². The number of ether oxygens (including phenoxy) is 2. The number of nitrogens with zero attached hydrogens (tertiary/aromatic N) is 1. The first-order chi connectivity index (χ1) is 11.0. The van der Waals surface area contributed by atoms with E-state index in [2.05, 4.69) is 18.0 Å². The van der Waals surface area contributed by atoms with E-state index in [1.54, 1.807) is 14.2 Å². The third-order valence-corrected chi connectivity index (χ3v) is 4.41. The predicted molar refractivity (Wildman–Crippen MR) is 96.0 cm³/mol. The lowest BCUT2D eigenvalue weighted by molar-refractivity contribution is 0.330. The molecule has 0 heterocycles. The van der Waals surface area contributed by atoms with E-state index < -0.39 is 0 Å². The maximum absolute atomic E-state index is 6.06. The van der Waals surface area contributed by atoms with Crippen molar-refractivity contribution in [2.45, 2.75) is 13.0 Å². The van der Waals surface area contributed by atoms with Gasteiger partial charge in [-0.05, 0) is 48.9 Å². The van der Waals surface area contributed by atoms with Crippen LogP contribution >= 0.6 is 23.2 Å². The molecular formula is C18H21Cl2NO2. The average molecular weight is 354 g/mol. The molecule has 0 saturated carbocycles. The number of likely N-dealkylation sites (N-methyl/N-ethyl adjacent to an activating group) is 1. The highest BCUT2D eigenvalue weighted by atomic mass is 35.5. The van der Waals surface area contributed by atoms with Gasteiger partial charge in [0, 0.05) is 13.1 Å². The minimum Gasteiger partial charge on any atom is -0.493 e. The zero-order valence-corrected chi connectivity index (χ0v) is 15.1. The molecule has 124 valence electrons. The van der Waals surface area contributed by atoms with Gasteiger partial charge in [0.15, 0.2) is 11.5 Å². The number of hydrogen-bond donors (Lipinski definition) is 0. The van der Waals surface area contributed by atoms with Gasteiger partial charge in [0.2, 0.25) is 0 Å². The fraction of sp³-hybridized carbons (Fsp3) is 0.333. The van der Waals surface area contributed by atoms with E-state index in [0.29, 0.717) is 10.0 Å². The molecule has 0 saturated heterocycles. The van der Waals surface area contributed by atoms with Crippen molar-refractivity contribution in [1.82, 2.24) is 4.90 Å². The van der Waals surface area contributed by atoms with Gasteiger partial charge >= 0.3 is 0 Å². The molecule has 2 rings (SSSR count). The van der Waals surface area contributed by atoms with Crippen molar-refractivity contribution in [2.24, 2.45) is 0 Å². The smallest absolute Gasteiger partial charge is 0.160 e. The third-order valence-electron chi connectivity index (χ3n) is 3.67. The van der Waals surface area contributed by atoms with Crippen molar-refractivity contribution in [3.8, 4) is 11.5 Å². The molecule has 3 nitrogen and oxygen atoms in total. The summed E-state index contributed by atoms with van der Waals surface area (Å²) in [4.78, 5) is 2.25. The molecule has 0 unspecified atom stereocenters. The van der Waals surface area contributed by atoms with Crippen LogP contribution in [0.4, 0.5) is 0 Å². The number of methoxy groups -OCH3 is 2. The first kappa shape index (κ1) is 17.9. The van der Waals surface area contributed by atoms with E-state index in [0.717, 1.165) is 36.6 Å². The summed E-state index contributed by atoms with van der Waals surface area (Å²) in [5.74, 6) is 1.51. The first-order valence-corrected chi connectivity index (χ1v) is 8.12. The summed E-state index contributed by atoms with van der Waals surface area (Å²) in [7, 11) is 5.38. The monoisotopic (exact) mass is 353 g/mol. The molecule has 0 fully saturated rings. The fourth-order valence-electron chi connectivity index (χ4n) is 2.38. The fourth-order valence-corrected chi connectivity index (χ4v) is 2.71. The second kappa shape index (κ2) is 8.44. The van der Waals surface area contributed by atoms with Gasteiger partial charge in [-0.15, -0.1) is 0 Å². The SMILES string of the molecule is COc1ccc(CCN(C)Cc2ccc(Cl)c(Cl)c2)cc1OC. The van der Waals surface area contributed by atoms with Crippen LogP contribution in [0.1, 0.15) is 11.1 Å². The van der Waals surface area contributed by atoms with E-state index in [1.807, 2.05) is 30.3 Å². The van der Waals surface area contributed by atoms with Crippen LogP contribution in [0.25, 0.3) is 0 Å². The number of benzene rings is 2. The molecule has 2 aromatic carbocycles. The Bertz CT molecular complexity index is 661. The van der Waals surface area contributed by atoms with Crippen molar-refractivity contribution in [3.63, 3.8) is 0 Å². The number of halogens is 2. The van der Waals surface area contributed by atoms with Crippen LogP contribution in [-0.2, 0) is 13.0 Å². The van der Waals surface area contributed by atoms with Gasteiger partial charge in [0.25, 0.3) is 0 Å². The molecule has 0 aromatic heterocycles. The molecular weight excluding hydrogens is 333 g/mol.